The maximum atomic E-state index is 14.6. The SMILES string of the molecule is CC(F)(c1ccc(N(C(=O)C2CC(O)CN2)C(C(=O)NC2CCCCC2)c2cccnc2)cc1)C(F)(F)F. The molecule has 0 bridgehead atoms. The lowest BCUT2D eigenvalue weighted by Gasteiger charge is -2.35. The average Bonchev–Trinajstić information content (AvgIpc) is 3.33. The molecule has 1 saturated heterocycles. The van der Waals surface area contributed by atoms with Crippen molar-refractivity contribution in [1.29, 1.82) is 0 Å². The second kappa shape index (κ2) is 11.4. The van der Waals surface area contributed by atoms with Crippen LogP contribution in [-0.2, 0) is 15.3 Å². The van der Waals surface area contributed by atoms with E-state index in [1.807, 2.05) is 0 Å². The van der Waals surface area contributed by atoms with Gasteiger partial charge in [-0.1, -0.05) is 37.5 Å². The highest BCUT2D eigenvalue weighted by atomic mass is 19.4. The molecule has 2 heterocycles. The number of halogens is 4. The molecule has 1 saturated carbocycles. The number of nitrogens with zero attached hydrogens (tertiary/aromatic N) is 2. The molecule has 4 rings (SSSR count). The van der Waals surface area contributed by atoms with Crippen LogP contribution in [0.3, 0.4) is 0 Å². The van der Waals surface area contributed by atoms with Gasteiger partial charge in [0.1, 0.15) is 6.04 Å². The van der Waals surface area contributed by atoms with Crippen LogP contribution in [0.25, 0.3) is 0 Å². The lowest BCUT2D eigenvalue weighted by molar-refractivity contribution is -0.228. The van der Waals surface area contributed by atoms with Crippen molar-refractivity contribution in [2.24, 2.45) is 0 Å². The smallest absolute Gasteiger partial charge is 0.392 e. The van der Waals surface area contributed by atoms with Gasteiger partial charge in [0.15, 0.2) is 0 Å². The first-order valence-electron chi connectivity index (χ1n) is 12.8. The topological polar surface area (TPSA) is 94.6 Å². The minimum Gasteiger partial charge on any atom is -0.392 e. The summed E-state index contributed by atoms with van der Waals surface area (Å²) in [5, 5.41) is 16.0. The molecule has 2 amide bonds. The van der Waals surface area contributed by atoms with E-state index in [4.69, 9.17) is 0 Å². The van der Waals surface area contributed by atoms with E-state index in [1.165, 1.54) is 29.4 Å². The van der Waals surface area contributed by atoms with Crippen molar-refractivity contribution in [3.05, 3.63) is 59.9 Å². The van der Waals surface area contributed by atoms with Crippen LogP contribution in [0.5, 0.6) is 0 Å². The number of carbonyl (C=O) groups excluding carboxylic acids is 2. The maximum absolute atomic E-state index is 14.6. The van der Waals surface area contributed by atoms with Gasteiger partial charge in [-0.05, 0) is 49.9 Å². The van der Waals surface area contributed by atoms with Gasteiger partial charge in [-0.15, -0.1) is 0 Å². The van der Waals surface area contributed by atoms with Crippen LogP contribution in [0.4, 0.5) is 23.2 Å². The van der Waals surface area contributed by atoms with Gasteiger partial charge in [-0.3, -0.25) is 19.5 Å². The van der Waals surface area contributed by atoms with E-state index in [9.17, 15) is 32.3 Å². The van der Waals surface area contributed by atoms with Crippen LogP contribution in [0.1, 0.15) is 62.6 Å². The number of aliphatic hydroxyl groups excluding tert-OH is 1. The zero-order chi connectivity index (χ0) is 27.5. The van der Waals surface area contributed by atoms with E-state index >= 15 is 0 Å². The lowest BCUT2D eigenvalue weighted by atomic mass is 9.94. The number of rotatable bonds is 7. The number of nitrogens with one attached hydrogen (secondary N) is 2. The van der Waals surface area contributed by atoms with Gasteiger partial charge in [0.05, 0.1) is 12.1 Å². The number of benzene rings is 1. The highest BCUT2D eigenvalue weighted by Crippen LogP contribution is 2.43. The number of pyridine rings is 1. The van der Waals surface area contributed by atoms with Crippen molar-refractivity contribution in [1.82, 2.24) is 15.6 Å². The number of carbonyl (C=O) groups is 2. The Labute approximate surface area is 218 Å². The molecule has 38 heavy (non-hydrogen) atoms. The number of hydrogen-bond acceptors (Lipinski definition) is 5. The highest BCUT2D eigenvalue weighted by Gasteiger charge is 2.53. The monoisotopic (exact) mass is 536 g/mol. The first kappa shape index (κ1) is 28.0. The molecule has 11 heteroatoms. The fourth-order valence-corrected chi connectivity index (χ4v) is 5.06. The molecule has 3 N–H and O–H groups in total. The molecular weight excluding hydrogens is 504 g/mol. The van der Waals surface area contributed by atoms with E-state index in [2.05, 4.69) is 15.6 Å². The van der Waals surface area contributed by atoms with Crippen LogP contribution in [-0.4, -0.2) is 52.8 Å². The van der Waals surface area contributed by atoms with Gasteiger partial charge in [0.2, 0.25) is 17.5 Å². The van der Waals surface area contributed by atoms with Crippen LogP contribution >= 0.6 is 0 Å². The van der Waals surface area contributed by atoms with E-state index in [-0.39, 0.29) is 24.7 Å². The number of β-amino-alcohol motifs (C(OH)–C–C–N with tert-alkyl or cyclic N) is 1. The van der Waals surface area contributed by atoms with Crippen molar-refractivity contribution in [2.75, 3.05) is 11.4 Å². The third-order valence-corrected chi connectivity index (χ3v) is 7.32. The molecule has 2 aromatic rings. The summed E-state index contributed by atoms with van der Waals surface area (Å²) in [4.78, 5) is 32.9. The molecule has 2 fully saturated rings. The minimum absolute atomic E-state index is 0.0693. The molecule has 0 radical (unpaired) electrons. The number of amides is 2. The van der Waals surface area contributed by atoms with Gasteiger partial charge >= 0.3 is 6.18 Å². The van der Waals surface area contributed by atoms with Crippen LogP contribution in [0.2, 0.25) is 0 Å². The molecule has 1 aromatic heterocycles. The molecule has 206 valence electrons. The Balaban J connectivity index is 1.75. The first-order chi connectivity index (χ1) is 18.0. The van der Waals surface area contributed by atoms with Crippen molar-refractivity contribution in [3.63, 3.8) is 0 Å². The van der Waals surface area contributed by atoms with Crippen LogP contribution in [0, 0.1) is 0 Å². The van der Waals surface area contributed by atoms with Crippen molar-refractivity contribution in [3.8, 4) is 0 Å². The number of hydrogen-bond donors (Lipinski definition) is 3. The number of aromatic nitrogens is 1. The molecule has 0 spiro atoms. The molecule has 1 aliphatic carbocycles. The van der Waals surface area contributed by atoms with Crippen molar-refractivity contribution in [2.45, 2.75) is 81.5 Å². The summed E-state index contributed by atoms with van der Waals surface area (Å²) >= 11 is 0. The van der Waals surface area contributed by atoms with E-state index in [0.29, 0.717) is 12.5 Å². The zero-order valence-corrected chi connectivity index (χ0v) is 21.0. The Hall–Kier alpha value is -3.05. The van der Waals surface area contributed by atoms with E-state index in [1.54, 1.807) is 12.1 Å². The van der Waals surface area contributed by atoms with Gasteiger partial charge in [-0.2, -0.15) is 13.2 Å². The summed E-state index contributed by atoms with van der Waals surface area (Å²) in [6, 6.07) is 5.54. The van der Waals surface area contributed by atoms with Gasteiger partial charge < -0.3 is 15.7 Å². The number of aliphatic hydroxyl groups is 1. The fourth-order valence-electron chi connectivity index (χ4n) is 5.06. The molecule has 1 aromatic carbocycles. The van der Waals surface area contributed by atoms with Crippen molar-refractivity contribution < 1.29 is 32.3 Å². The second-order valence-electron chi connectivity index (χ2n) is 10.1. The quantitative estimate of drug-likeness (QED) is 0.464. The first-order valence-corrected chi connectivity index (χ1v) is 12.8. The largest absolute Gasteiger partial charge is 0.426 e. The Morgan fingerprint density at radius 1 is 1.11 bits per heavy atom. The summed E-state index contributed by atoms with van der Waals surface area (Å²) in [5.74, 6) is -0.993. The molecule has 4 atom stereocenters. The second-order valence-corrected chi connectivity index (χ2v) is 10.1. The predicted octanol–water partition coefficient (Wildman–Crippen LogP) is 4.07. The van der Waals surface area contributed by atoms with Crippen LogP contribution in [0.15, 0.2) is 48.8 Å². The maximum Gasteiger partial charge on any atom is 0.426 e. The molecular formula is C27H32F4N4O3. The standard InChI is InChI=1S/C27H32F4N4O3/c1-26(28,27(29,30)31)18-9-11-20(12-10-18)35(25(38)22-14-21(36)16-33-22)23(17-6-5-13-32-15-17)24(37)34-19-7-3-2-4-8-19/h5-6,9-13,15,19,21-23,33,36H,2-4,7-8,14,16H2,1H3,(H,34,37). The summed E-state index contributed by atoms with van der Waals surface area (Å²) in [6.07, 6.45) is 1.81. The summed E-state index contributed by atoms with van der Waals surface area (Å²) in [7, 11) is 0. The molecule has 2 aliphatic rings. The van der Waals surface area contributed by atoms with E-state index in [0.717, 1.165) is 44.2 Å². The summed E-state index contributed by atoms with van der Waals surface area (Å²) < 4.78 is 54.5. The predicted molar refractivity (Wildman–Crippen MR) is 133 cm³/mol. The zero-order valence-electron chi connectivity index (χ0n) is 21.0. The van der Waals surface area contributed by atoms with E-state index < -0.39 is 47.4 Å². The normalized spacial score (nSPS) is 22.9. The Morgan fingerprint density at radius 2 is 1.79 bits per heavy atom. The summed E-state index contributed by atoms with van der Waals surface area (Å²) in [5.41, 5.74) is -3.70. The van der Waals surface area contributed by atoms with Gasteiger partial charge in [0, 0.05) is 36.2 Å². The minimum atomic E-state index is -5.13. The fraction of sp³-hybridized carbons (Fsp3) is 0.519. The Bertz CT molecular complexity index is 1110. The third kappa shape index (κ3) is 5.99. The Kier molecular flexibility index (Phi) is 8.37. The number of alkyl halides is 4. The van der Waals surface area contributed by atoms with Crippen LogP contribution < -0.4 is 15.5 Å². The molecule has 4 unspecified atom stereocenters. The summed E-state index contributed by atoms with van der Waals surface area (Å²) in [6.45, 7) is 0.617. The van der Waals surface area contributed by atoms with Crippen molar-refractivity contribution >= 4 is 17.5 Å². The molecule has 1 aliphatic heterocycles. The average molecular weight is 537 g/mol. The van der Waals surface area contributed by atoms with Gasteiger partial charge in [-0.25, -0.2) is 4.39 Å². The lowest BCUT2D eigenvalue weighted by Crippen LogP contribution is -2.51. The highest BCUT2D eigenvalue weighted by molar-refractivity contribution is 6.04. The Morgan fingerprint density at radius 3 is 2.34 bits per heavy atom. The third-order valence-electron chi connectivity index (χ3n) is 7.32. The molecule has 7 nitrogen and oxygen atoms in total. The number of anilines is 1. The van der Waals surface area contributed by atoms with Gasteiger partial charge in [0.25, 0.3) is 0 Å².